The van der Waals surface area contributed by atoms with Crippen molar-refractivity contribution in [3.05, 3.63) is 0 Å². The van der Waals surface area contributed by atoms with E-state index in [9.17, 15) is 19.2 Å². The van der Waals surface area contributed by atoms with E-state index in [1.807, 2.05) is 34.6 Å². The van der Waals surface area contributed by atoms with Gasteiger partial charge in [-0.1, -0.05) is 50.5 Å². The summed E-state index contributed by atoms with van der Waals surface area (Å²) >= 11 is 0. The first kappa shape index (κ1) is 44.9. The standard InChI is InChI=1S/C16H26O5.C15H24O5.4CH4/c1-5-16(2,3)15(18)21-13-8-10-6-11(13)12(7-10)14(17)20-9-19-4;1-4-9(2)14(16)20-13-7-10-5-11(13)12(6-10)15(17)19-8-18-3;;;;/h10-13H,5-9H2,1-4H3;9-13H,4-8H2,1-3H3;4*1H4. The lowest BCUT2D eigenvalue weighted by atomic mass is 9.86. The first-order chi connectivity index (χ1) is 19.4. The third-order valence-electron chi connectivity index (χ3n) is 9.73. The number of carbonyl (C=O) groups is 4. The molecule has 0 aromatic heterocycles. The predicted molar refractivity (Wildman–Crippen MR) is 175 cm³/mol. The number of rotatable bonds is 12. The second-order valence-electron chi connectivity index (χ2n) is 12.9. The molecule has 0 amide bonds. The van der Waals surface area contributed by atoms with Gasteiger partial charge in [-0.05, 0) is 77.0 Å². The minimum absolute atomic E-state index is 0. The molecule has 9 atom stereocenters. The van der Waals surface area contributed by atoms with Gasteiger partial charge in [0.25, 0.3) is 0 Å². The van der Waals surface area contributed by atoms with Crippen molar-refractivity contribution in [2.24, 2.45) is 46.8 Å². The van der Waals surface area contributed by atoms with Gasteiger partial charge in [0.05, 0.1) is 23.2 Å². The zero-order valence-electron chi connectivity index (χ0n) is 25.8. The minimum Gasteiger partial charge on any atom is -0.462 e. The Morgan fingerprint density at radius 1 is 0.689 bits per heavy atom. The molecule has 4 fully saturated rings. The largest absolute Gasteiger partial charge is 0.462 e. The van der Waals surface area contributed by atoms with Crippen LogP contribution in [0.2, 0.25) is 0 Å². The van der Waals surface area contributed by atoms with Gasteiger partial charge in [0.15, 0.2) is 13.6 Å². The molecule has 10 nitrogen and oxygen atoms in total. The van der Waals surface area contributed by atoms with Crippen LogP contribution in [-0.2, 0) is 47.6 Å². The van der Waals surface area contributed by atoms with Gasteiger partial charge in [0, 0.05) is 26.1 Å². The smallest absolute Gasteiger partial charge is 0.311 e. The summed E-state index contributed by atoms with van der Waals surface area (Å²) in [7, 11) is 2.98. The Kier molecular flexibility index (Phi) is 20.1. The Balaban J connectivity index is 0. The average molecular weight is 647 g/mol. The molecule has 0 aromatic rings. The zero-order chi connectivity index (χ0) is 30.3. The van der Waals surface area contributed by atoms with Crippen molar-refractivity contribution >= 4 is 23.9 Å². The number of esters is 4. The van der Waals surface area contributed by atoms with Crippen LogP contribution >= 0.6 is 0 Å². The van der Waals surface area contributed by atoms with Crippen LogP contribution in [0.15, 0.2) is 0 Å². The molecule has 45 heavy (non-hydrogen) atoms. The van der Waals surface area contributed by atoms with Crippen LogP contribution in [-0.4, -0.2) is 63.9 Å². The van der Waals surface area contributed by atoms with Crippen molar-refractivity contribution in [2.45, 2.75) is 128 Å². The van der Waals surface area contributed by atoms with Crippen LogP contribution in [0.1, 0.15) is 116 Å². The third kappa shape index (κ3) is 11.2. The van der Waals surface area contributed by atoms with Crippen molar-refractivity contribution in [1.82, 2.24) is 0 Å². The maximum Gasteiger partial charge on any atom is 0.311 e. The summed E-state index contributed by atoms with van der Waals surface area (Å²) in [6, 6.07) is 0. The highest BCUT2D eigenvalue weighted by molar-refractivity contribution is 5.77. The number of hydrogen-bond acceptors (Lipinski definition) is 10. The molecule has 4 bridgehead atoms. The van der Waals surface area contributed by atoms with Crippen LogP contribution in [0.25, 0.3) is 0 Å². The van der Waals surface area contributed by atoms with Crippen molar-refractivity contribution < 1.29 is 47.6 Å². The van der Waals surface area contributed by atoms with E-state index in [1.54, 1.807) is 0 Å². The van der Waals surface area contributed by atoms with E-state index in [2.05, 4.69) is 0 Å². The number of hydrogen-bond donors (Lipinski definition) is 0. The summed E-state index contributed by atoms with van der Waals surface area (Å²) in [5.41, 5.74) is -0.464. The molecule has 4 aliphatic rings. The Labute approximate surface area is 273 Å². The molecule has 0 aromatic carbocycles. The number of carbonyl (C=O) groups excluding carboxylic acids is 4. The van der Waals surface area contributed by atoms with Crippen LogP contribution in [0.3, 0.4) is 0 Å². The Morgan fingerprint density at radius 3 is 1.47 bits per heavy atom. The quantitative estimate of drug-likeness (QED) is 0.122. The van der Waals surface area contributed by atoms with E-state index in [0.717, 1.165) is 51.4 Å². The van der Waals surface area contributed by atoms with Crippen LogP contribution in [0, 0.1) is 46.8 Å². The van der Waals surface area contributed by atoms with Gasteiger partial charge in [-0.25, -0.2) is 0 Å². The van der Waals surface area contributed by atoms with Gasteiger partial charge >= 0.3 is 23.9 Å². The fourth-order valence-corrected chi connectivity index (χ4v) is 6.71. The van der Waals surface area contributed by atoms with Gasteiger partial charge in [-0.3, -0.25) is 19.2 Å². The molecular weight excluding hydrogens is 580 g/mol. The molecule has 266 valence electrons. The highest BCUT2D eigenvalue weighted by Gasteiger charge is 2.53. The maximum absolute atomic E-state index is 12.2. The number of ether oxygens (including phenoxy) is 6. The predicted octanol–water partition coefficient (Wildman–Crippen LogP) is 7.21. The van der Waals surface area contributed by atoms with Crippen molar-refractivity contribution in [2.75, 3.05) is 27.8 Å². The highest BCUT2D eigenvalue weighted by Crippen LogP contribution is 2.51. The summed E-state index contributed by atoms with van der Waals surface area (Å²) in [5, 5.41) is 0. The fourth-order valence-electron chi connectivity index (χ4n) is 6.71. The lowest BCUT2D eigenvalue weighted by Gasteiger charge is -2.30. The van der Waals surface area contributed by atoms with E-state index in [0.29, 0.717) is 11.8 Å². The third-order valence-corrected chi connectivity index (χ3v) is 9.73. The second kappa shape index (κ2) is 20.1. The van der Waals surface area contributed by atoms with E-state index >= 15 is 0 Å². The Bertz CT molecular complexity index is 918. The SMILES string of the molecule is C.C.C.C.CCC(C)(C)C(=O)OC1CC2CC(C(=O)OCOC)C1C2.CCC(C)C(=O)OC1CC2CC(C(=O)OCOC)C1C2. The van der Waals surface area contributed by atoms with Gasteiger partial charge in [0.1, 0.15) is 12.2 Å². The molecule has 9 unspecified atom stereocenters. The molecule has 0 spiro atoms. The molecule has 0 heterocycles. The molecule has 4 saturated carbocycles. The molecule has 4 aliphatic carbocycles. The van der Waals surface area contributed by atoms with Crippen LogP contribution in [0.4, 0.5) is 0 Å². The second-order valence-corrected chi connectivity index (χ2v) is 12.9. The van der Waals surface area contributed by atoms with Gasteiger partial charge in [0.2, 0.25) is 0 Å². The highest BCUT2D eigenvalue weighted by atomic mass is 16.7. The number of methoxy groups -OCH3 is 2. The zero-order valence-corrected chi connectivity index (χ0v) is 25.8. The van der Waals surface area contributed by atoms with Gasteiger partial charge < -0.3 is 28.4 Å². The summed E-state index contributed by atoms with van der Waals surface area (Å²) in [4.78, 5) is 48.1. The lowest BCUT2D eigenvalue weighted by Crippen LogP contribution is -2.37. The van der Waals surface area contributed by atoms with E-state index in [-0.39, 0.29) is 109 Å². The Morgan fingerprint density at radius 2 is 1.11 bits per heavy atom. The van der Waals surface area contributed by atoms with Gasteiger partial charge in [-0.2, -0.15) is 0 Å². The summed E-state index contributed by atoms with van der Waals surface area (Å²) in [6.45, 7) is 9.59. The summed E-state index contributed by atoms with van der Waals surface area (Å²) in [5.74, 6) is 0.0676. The first-order valence-corrected chi connectivity index (χ1v) is 15.2. The fraction of sp³-hybridized carbons (Fsp3) is 0.886. The molecule has 10 heteroatoms. The van der Waals surface area contributed by atoms with Crippen molar-refractivity contribution in [3.63, 3.8) is 0 Å². The Hall–Kier alpha value is -2.20. The van der Waals surface area contributed by atoms with E-state index < -0.39 is 5.41 Å². The summed E-state index contributed by atoms with van der Waals surface area (Å²) < 4.78 is 31.0. The van der Waals surface area contributed by atoms with Crippen molar-refractivity contribution in [1.29, 1.82) is 0 Å². The minimum atomic E-state index is -0.464. The van der Waals surface area contributed by atoms with Crippen LogP contribution < -0.4 is 0 Å². The monoisotopic (exact) mass is 646 g/mol. The summed E-state index contributed by atoms with van der Waals surface area (Å²) in [6.07, 6.45) is 6.65. The lowest BCUT2D eigenvalue weighted by molar-refractivity contribution is -0.171. The normalized spacial score (nSPS) is 29.2. The van der Waals surface area contributed by atoms with Gasteiger partial charge in [-0.15, -0.1) is 0 Å². The van der Waals surface area contributed by atoms with E-state index in [4.69, 9.17) is 28.4 Å². The topological polar surface area (TPSA) is 124 Å². The molecule has 0 N–H and O–H groups in total. The maximum atomic E-state index is 12.2. The molecule has 0 aliphatic heterocycles. The van der Waals surface area contributed by atoms with E-state index in [1.165, 1.54) is 14.2 Å². The first-order valence-electron chi connectivity index (χ1n) is 15.2. The molecular formula is C35H66O10. The number of fused-ring (bicyclic) bond motifs is 4. The molecule has 4 rings (SSSR count). The average Bonchev–Trinajstić information content (AvgIpc) is 3.75. The molecule has 0 saturated heterocycles. The van der Waals surface area contributed by atoms with Crippen LogP contribution in [0.5, 0.6) is 0 Å². The van der Waals surface area contributed by atoms with Crippen molar-refractivity contribution in [3.8, 4) is 0 Å². The molecule has 0 radical (unpaired) electrons.